The number of nitrogens with zero attached hydrogens (tertiary/aromatic N) is 2. The normalized spacial score (nSPS) is 10.3. The summed E-state index contributed by atoms with van der Waals surface area (Å²) in [6.45, 7) is 2.44. The summed E-state index contributed by atoms with van der Waals surface area (Å²) in [5.74, 6) is 2.16. The number of anilines is 3. The second kappa shape index (κ2) is 6.15. The largest absolute Gasteiger partial charge is 0.377 e. The molecule has 0 aliphatic rings. The van der Waals surface area contributed by atoms with Gasteiger partial charge in [0.25, 0.3) is 0 Å². The minimum absolute atomic E-state index is 0.387. The van der Waals surface area contributed by atoms with Crippen LogP contribution in [0.5, 0.6) is 0 Å². The molecule has 0 fully saturated rings. The first-order chi connectivity index (χ1) is 9.22. The van der Waals surface area contributed by atoms with Crippen molar-refractivity contribution in [3.05, 3.63) is 41.7 Å². The number of aromatic nitrogens is 2. The number of ether oxygens (including phenoxy) is 1. The third kappa shape index (κ3) is 3.42. The monoisotopic (exact) mass is 258 g/mol. The summed E-state index contributed by atoms with van der Waals surface area (Å²) in [5, 5.41) is 6.32. The number of benzene rings is 1. The summed E-state index contributed by atoms with van der Waals surface area (Å²) in [6.07, 6.45) is 0. The third-order valence-corrected chi connectivity index (χ3v) is 2.71. The zero-order valence-electron chi connectivity index (χ0n) is 11.4. The molecule has 0 saturated heterocycles. The minimum Gasteiger partial charge on any atom is -0.377 e. The smallest absolute Gasteiger partial charge is 0.158 e. The molecule has 5 nitrogen and oxygen atoms in total. The molecule has 100 valence electrons. The van der Waals surface area contributed by atoms with Crippen LogP contribution in [-0.4, -0.2) is 24.1 Å². The van der Waals surface area contributed by atoms with Crippen molar-refractivity contribution in [1.82, 2.24) is 9.97 Å². The predicted molar refractivity (Wildman–Crippen MR) is 76.8 cm³/mol. The molecule has 0 bridgehead atoms. The number of para-hydroxylation sites is 1. The number of hydrogen-bond donors (Lipinski definition) is 2. The molecule has 19 heavy (non-hydrogen) atoms. The molecular formula is C14H18N4O. The molecule has 0 atom stereocenters. The molecule has 0 aliphatic carbocycles. The number of aryl methyl sites for hydroxylation is 1. The van der Waals surface area contributed by atoms with Gasteiger partial charge in [-0.25, -0.2) is 9.97 Å². The maximum atomic E-state index is 5.08. The fourth-order valence-corrected chi connectivity index (χ4v) is 1.73. The van der Waals surface area contributed by atoms with Gasteiger partial charge in [0.05, 0.1) is 0 Å². The van der Waals surface area contributed by atoms with E-state index in [2.05, 4.69) is 33.6 Å². The number of hydrogen-bond acceptors (Lipinski definition) is 5. The van der Waals surface area contributed by atoms with Gasteiger partial charge in [0.1, 0.15) is 18.2 Å². The van der Waals surface area contributed by atoms with E-state index in [1.807, 2.05) is 31.3 Å². The SMILES string of the molecule is CNc1cc(Nc2ccccc2C)nc(COC)n1. The molecule has 0 aliphatic heterocycles. The van der Waals surface area contributed by atoms with Gasteiger partial charge in [-0.3, -0.25) is 0 Å². The topological polar surface area (TPSA) is 59.1 Å². The zero-order valence-corrected chi connectivity index (χ0v) is 11.4. The lowest BCUT2D eigenvalue weighted by Gasteiger charge is -2.11. The van der Waals surface area contributed by atoms with Crippen LogP contribution in [0.4, 0.5) is 17.3 Å². The Bertz CT molecular complexity index is 557. The van der Waals surface area contributed by atoms with Crippen molar-refractivity contribution in [2.75, 3.05) is 24.8 Å². The van der Waals surface area contributed by atoms with Gasteiger partial charge in [0.15, 0.2) is 5.82 Å². The second-order valence-corrected chi connectivity index (χ2v) is 4.18. The average Bonchev–Trinajstić information content (AvgIpc) is 2.41. The zero-order chi connectivity index (χ0) is 13.7. The van der Waals surface area contributed by atoms with Crippen molar-refractivity contribution in [2.24, 2.45) is 0 Å². The van der Waals surface area contributed by atoms with Gasteiger partial charge in [0, 0.05) is 25.9 Å². The van der Waals surface area contributed by atoms with Crippen LogP contribution in [0.1, 0.15) is 11.4 Å². The van der Waals surface area contributed by atoms with Crippen LogP contribution >= 0.6 is 0 Å². The van der Waals surface area contributed by atoms with Crippen molar-refractivity contribution in [3.63, 3.8) is 0 Å². The molecular weight excluding hydrogens is 240 g/mol. The van der Waals surface area contributed by atoms with E-state index < -0.39 is 0 Å². The third-order valence-electron chi connectivity index (χ3n) is 2.71. The van der Waals surface area contributed by atoms with Crippen molar-refractivity contribution < 1.29 is 4.74 Å². The minimum atomic E-state index is 0.387. The Hall–Kier alpha value is -2.14. The fourth-order valence-electron chi connectivity index (χ4n) is 1.73. The van der Waals surface area contributed by atoms with Crippen molar-refractivity contribution in [2.45, 2.75) is 13.5 Å². The lowest BCUT2D eigenvalue weighted by atomic mass is 10.2. The number of rotatable bonds is 5. The Morgan fingerprint density at radius 2 is 1.89 bits per heavy atom. The summed E-state index contributed by atoms with van der Waals surface area (Å²) in [7, 11) is 3.46. The van der Waals surface area contributed by atoms with E-state index in [0.29, 0.717) is 12.4 Å². The Morgan fingerprint density at radius 3 is 2.58 bits per heavy atom. The first-order valence-corrected chi connectivity index (χ1v) is 6.10. The first-order valence-electron chi connectivity index (χ1n) is 6.10. The van der Waals surface area contributed by atoms with Gasteiger partial charge in [-0.05, 0) is 18.6 Å². The second-order valence-electron chi connectivity index (χ2n) is 4.18. The van der Waals surface area contributed by atoms with E-state index >= 15 is 0 Å². The van der Waals surface area contributed by atoms with E-state index in [0.717, 1.165) is 17.3 Å². The molecule has 2 aromatic rings. The van der Waals surface area contributed by atoms with Crippen LogP contribution in [-0.2, 0) is 11.3 Å². The fraction of sp³-hybridized carbons (Fsp3) is 0.286. The maximum Gasteiger partial charge on any atom is 0.158 e. The molecule has 1 aromatic heterocycles. The highest BCUT2D eigenvalue weighted by Crippen LogP contribution is 2.20. The summed E-state index contributed by atoms with van der Waals surface area (Å²) in [5.41, 5.74) is 2.20. The molecule has 0 saturated carbocycles. The summed E-state index contributed by atoms with van der Waals surface area (Å²) < 4.78 is 5.08. The van der Waals surface area contributed by atoms with E-state index in [4.69, 9.17) is 4.74 Å². The number of nitrogens with one attached hydrogen (secondary N) is 2. The van der Waals surface area contributed by atoms with E-state index in [1.54, 1.807) is 7.11 Å². The molecule has 5 heteroatoms. The molecule has 0 unspecified atom stereocenters. The van der Waals surface area contributed by atoms with Crippen molar-refractivity contribution in [3.8, 4) is 0 Å². The van der Waals surface area contributed by atoms with Gasteiger partial charge in [0.2, 0.25) is 0 Å². The molecule has 1 aromatic carbocycles. The van der Waals surface area contributed by atoms with Gasteiger partial charge in [-0.2, -0.15) is 0 Å². The molecule has 0 amide bonds. The van der Waals surface area contributed by atoms with Crippen molar-refractivity contribution >= 4 is 17.3 Å². The highest BCUT2D eigenvalue weighted by molar-refractivity contribution is 5.62. The Kier molecular flexibility index (Phi) is 4.30. The highest BCUT2D eigenvalue weighted by atomic mass is 16.5. The van der Waals surface area contributed by atoms with Crippen molar-refractivity contribution in [1.29, 1.82) is 0 Å². The lowest BCUT2D eigenvalue weighted by molar-refractivity contribution is 0.178. The van der Waals surface area contributed by atoms with E-state index in [-0.39, 0.29) is 0 Å². The van der Waals surface area contributed by atoms with Crippen LogP contribution in [0.2, 0.25) is 0 Å². The number of methoxy groups -OCH3 is 1. The predicted octanol–water partition coefficient (Wildman–Crippen LogP) is 2.72. The highest BCUT2D eigenvalue weighted by Gasteiger charge is 2.05. The van der Waals surface area contributed by atoms with Gasteiger partial charge in [-0.15, -0.1) is 0 Å². The standard InChI is InChI=1S/C14H18N4O/c1-10-6-4-5-7-11(10)16-13-8-12(15-2)17-14(18-13)9-19-3/h4-8H,9H2,1-3H3,(H2,15,16,17,18). The molecule has 0 spiro atoms. The van der Waals surface area contributed by atoms with Gasteiger partial charge in [-0.1, -0.05) is 18.2 Å². The van der Waals surface area contributed by atoms with Crippen LogP contribution in [0, 0.1) is 6.92 Å². The quantitative estimate of drug-likeness (QED) is 0.863. The molecule has 2 rings (SSSR count). The van der Waals surface area contributed by atoms with Gasteiger partial charge >= 0.3 is 0 Å². The summed E-state index contributed by atoms with van der Waals surface area (Å²) in [4.78, 5) is 8.74. The Labute approximate surface area is 113 Å². The summed E-state index contributed by atoms with van der Waals surface area (Å²) >= 11 is 0. The molecule has 0 radical (unpaired) electrons. The Morgan fingerprint density at radius 1 is 1.16 bits per heavy atom. The van der Waals surface area contributed by atoms with E-state index in [1.165, 1.54) is 5.56 Å². The van der Waals surface area contributed by atoms with Crippen LogP contribution in [0.25, 0.3) is 0 Å². The first kappa shape index (κ1) is 13.3. The van der Waals surface area contributed by atoms with Gasteiger partial charge < -0.3 is 15.4 Å². The Balaban J connectivity index is 2.29. The van der Waals surface area contributed by atoms with Crippen LogP contribution < -0.4 is 10.6 Å². The van der Waals surface area contributed by atoms with Crippen LogP contribution in [0.15, 0.2) is 30.3 Å². The van der Waals surface area contributed by atoms with E-state index in [9.17, 15) is 0 Å². The molecule has 2 N–H and O–H groups in total. The van der Waals surface area contributed by atoms with Crippen LogP contribution in [0.3, 0.4) is 0 Å². The molecule has 1 heterocycles. The average molecular weight is 258 g/mol. The maximum absolute atomic E-state index is 5.08. The lowest BCUT2D eigenvalue weighted by Crippen LogP contribution is -2.05. The summed E-state index contributed by atoms with van der Waals surface area (Å²) in [6, 6.07) is 9.94.